The van der Waals surface area contributed by atoms with Crippen molar-refractivity contribution in [1.29, 1.82) is 0 Å². The molecule has 0 unspecified atom stereocenters. The van der Waals surface area contributed by atoms with Crippen LogP contribution in [-0.2, 0) is 0 Å². The van der Waals surface area contributed by atoms with Gasteiger partial charge in [-0.1, -0.05) is 96.9 Å². The molecule has 0 atom stereocenters. The second-order valence-corrected chi connectivity index (χ2v) is 16.6. The third kappa shape index (κ3) is 9.97. The van der Waals surface area contributed by atoms with E-state index in [9.17, 15) is 0 Å². The van der Waals surface area contributed by atoms with Crippen LogP contribution in [0.4, 0.5) is 0 Å². The first kappa shape index (κ1) is 49.8. The molecule has 0 bridgehead atoms. The molecule has 4 heteroatoms. The third-order valence-corrected chi connectivity index (χ3v) is 14.3. The summed E-state index contributed by atoms with van der Waals surface area (Å²) in [5.74, 6) is 0. The second-order valence-electron chi connectivity index (χ2n) is 12.0. The summed E-state index contributed by atoms with van der Waals surface area (Å²) >= 11 is 0.470. The van der Waals surface area contributed by atoms with E-state index in [0.29, 0.717) is 6.71 Å². The van der Waals surface area contributed by atoms with Crippen LogP contribution in [0.5, 0.6) is 0 Å². The number of rotatable bonds is 3. The fourth-order valence-electron chi connectivity index (χ4n) is 7.58. The molecule has 3 heterocycles. The van der Waals surface area contributed by atoms with Crippen molar-refractivity contribution in [3.8, 4) is 27.9 Å². The van der Waals surface area contributed by atoms with Crippen molar-refractivity contribution in [2.45, 2.75) is 96.9 Å². The first-order valence-corrected chi connectivity index (χ1v) is 26.1. The van der Waals surface area contributed by atoms with Crippen molar-refractivity contribution < 1.29 is 0 Å². The van der Waals surface area contributed by atoms with Crippen LogP contribution >= 0.6 is 0 Å². The Balaban J connectivity index is 0.000000628. The molecule has 0 N–H and O–H groups in total. The summed E-state index contributed by atoms with van der Waals surface area (Å²) in [5, 5.41) is 2.59. The molecular weight excluding hydrogens is 855 g/mol. The van der Waals surface area contributed by atoms with E-state index < -0.39 is 0 Å². The van der Waals surface area contributed by atoms with E-state index in [1.165, 1.54) is 78.5 Å². The molecule has 2 aliphatic rings. The standard InChI is InChI=1S/C42H26BNSe2.7C2H6/c1-3-13-27(14-4-1)30-17-11-19-32-33-20-12-18-31(28-15-5-2-6-16-28)42(33)44(41(30)32)29-25-38-40-39(26-29)46-37-24-10-8-22-35(37)43(40)34-21-7-9-23-36(34)45-38;7*1-2/h1-26H;7*1-2H3. The number of nitrogens with zero attached hydrogens (tertiary/aromatic N) is 1. The number of fused-ring (bicyclic) bond motifs is 7. The molecule has 10 rings (SSSR count). The van der Waals surface area contributed by atoms with Gasteiger partial charge in [-0.2, -0.15) is 0 Å². The SMILES string of the molecule is CC.CC.CC.CC.CC.CC.CC.c1ccc(-c2cccc3c4cccc(-c5ccccc5)c4n(-c4cc5c6c(c4)[Se]c4ccccc4B6c4ccccc4[Se]5)c23)cc1. The molecule has 0 spiro atoms. The van der Waals surface area contributed by atoms with Crippen LogP contribution in [0.1, 0.15) is 96.9 Å². The maximum atomic E-state index is 2.61. The number of benzene rings is 7. The van der Waals surface area contributed by atoms with Crippen LogP contribution in [0.15, 0.2) is 158 Å². The van der Waals surface area contributed by atoms with Gasteiger partial charge in [0.05, 0.1) is 0 Å². The van der Waals surface area contributed by atoms with Gasteiger partial charge in [-0.05, 0) is 0 Å². The van der Waals surface area contributed by atoms with Gasteiger partial charge < -0.3 is 0 Å². The van der Waals surface area contributed by atoms with E-state index >= 15 is 0 Å². The summed E-state index contributed by atoms with van der Waals surface area (Å²) in [6, 6.07) is 59.0. The molecule has 2 aliphatic heterocycles. The molecule has 7 aromatic carbocycles. The van der Waals surface area contributed by atoms with Gasteiger partial charge in [0.25, 0.3) is 0 Å². The molecule has 0 amide bonds. The van der Waals surface area contributed by atoms with Crippen LogP contribution in [0, 0.1) is 0 Å². The van der Waals surface area contributed by atoms with E-state index in [0.717, 1.165) is 0 Å². The van der Waals surface area contributed by atoms with E-state index in [1.807, 2.05) is 96.9 Å². The van der Waals surface area contributed by atoms with Gasteiger partial charge in [0, 0.05) is 0 Å². The Morgan fingerprint density at radius 1 is 0.350 bits per heavy atom. The average molecular weight is 924 g/mol. The Hall–Kier alpha value is -4.56. The minimum atomic E-state index is 0.235. The van der Waals surface area contributed by atoms with Crippen molar-refractivity contribution in [3.63, 3.8) is 0 Å². The van der Waals surface area contributed by atoms with Crippen LogP contribution in [-0.4, -0.2) is 41.2 Å². The third-order valence-electron chi connectivity index (χ3n) is 9.51. The van der Waals surface area contributed by atoms with Crippen LogP contribution < -0.4 is 34.2 Å². The molecule has 0 fully saturated rings. The molecule has 1 nitrogen and oxygen atoms in total. The minimum absolute atomic E-state index is 0.235. The van der Waals surface area contributed by atoms with Gasteiger partial charge in [-0.15, -0.1) is 0 Å². The van der Waals surface area contributed by atoms with Gasteiger partial charge in [0.2, 0.25) is 0 Å². The Labute approximate surface area is 377 Å². The van der Waals surface area contributed by atoms with Crippen LogP contribution in [0.25, 0.3) is 49.7 Å². The number of hydrogen-bond acceptors (Lipinski definition) is 0. The van der Waals surface area contributed by atoms with Crippen molar-refractivity contribution in [2.75, 3.05) is 0 Å². The molecule has 1 aromatic heterocycles. The monoisotopic (exact) mass is 925 g/mol. The number of aromatic nitrogens is 1. The molecule has 0 radical (unpaired) electrons. The second kappa shape index (κ2) is 25.9. The maximum absolute atomic E-state index is 2.61. The Bertz CT molecular complexity index is 2320. The normalized spacial score (nSPS) is 10.7. The summed E-state index contributed by atoms with van der Waals surface area (Å²) in [4.78, 5) is 0. The Kier molecular flexibility index (Phi) is 21.5. The summed E-state index contributed by atoms with van der Waals surface area (Å²) in [7, 11) is 0. The van der Waals surface area contributed by atoms with Gasteiger partial charge in [-0.25, -0.2) is 0 Å². The number of para-hydroxylation sites is 2. The zero-order chi connectivity index (χ0) is 44.2. The first-order chi connectivity index (χ1) is 29.8. The topological polar surface area (TPSA) is 4.93 Å². The zero-order valence-corrected chi connectivity index (χ0v) is 42.3. The fourth-order valence-corrected chi connectivity index (χ4v) is 13.0. The number of hydrogen-bond donors (Lipinski definition) is 0. The Morgan fingerprint density at radius 3 is 1.08 bits per heavy atom. The van der Waals surface area contributed by atoms with Gasteiger partial charge >= 0.3 is 283 Å². The quantitative estimate of drug-likeness (QED) is 0.156. The molecular formula is C56H68BNSe2. The van der Waals surface area contributed by atoms with Gasteiger partial charge in [0.15, 0.2) is 0 Å². The predicted octanol–water partition coefficient (Wildman–Crippen LogP) is 11.8. The summed E-state index contributed by atoms with van der Waals surface area (Å²) in [6.45, 7) is 28.3. The van der Waals surface area contributed by atoms with Gasteiger partial charge in [0.1, 0.15) is 0 Å². The van der Waals surface area contributed by atoms with E-state index in [-0.39, 0.29) is 29.9 Å². The molecule has 312 valence electrons. The van der Waals surface area contributed by atoms with E-state index in [4.69, 9.17) is 0 Å². The zero-order valence-electron chi connectivity index (χ0n) is 38.9. The molecule has 0 saturated heterocycles. The average Bonchev–Trinajstić information content (AvgIpc) is 3.71. The molecule has 0 aliphatic carbocycles. The summed E-state index contributed by atoms with van der Waals surface area (Å²) in [5.41, 5.74) is 13.4. The first-order valence-electron chi connectivity index (χ1n) is 22.7. The molecule has 60 heavy (non-hydrogen) atoms. The Morgan fingerprint density at radius 2 is 0.700 bits per heavy atom. The van der Waals surface area contributed by atoms with Gasteiger partial charge in [-0.3, -0.25) is 0 Å². The molecule has 8 aromatic rings. The molecule has 0 saturated carbocycles. The summed E-state index contributed by atoms with van der Waals surface area (Å²) in [6.07, 6.45) is 0. The van der Waals surface area contributed by atoms with Crippen molar-refractivity contribution in [1.82, 2.24) is 4.57 Å². The summed E-state index contributed by atoms with van der Waals surface area (Å²) < 4.78 is 8.69. The van der Waals surface area contributed by atoms with Crippen molar-refractivity contribution >= 4 is 92.7 Å². The fraction of sp³-hybridized carbons (Fsp3) is 0.250. The van der Waals surface area contributed by atoms with Crippen LogP contribution in [0.3, 0.4) is 0 Å². The van der Waals surface area contributed by atoms with Crippen LogP contribution in [0.2, 0.25) is 0 Å². The predicted molar refractivity (Wildman–Crippen MR) is 279 cm³/mol. The van der Waals surface area contributed by atoms with E-state index in [2.05, 4.69) is 162 Å². The van der Waals surface area contributed by atoms with Crippen molar-refractivity contribution in [3.05, 3.63) is 158 Å². The van der Waals surface area contributed by atoms with Crippen molar-refractivity contribution in [2.24, 2.45) is 0 Å². The van der Waals surface area contributed by atoms with E-state index in [1.54, 1.807) is 5.46 Å².